The molecule has 0 aliphatic rings. The van der Waals surface area contributed by atoms with Crippen LogP contribution in [0.25, 0.3) is 0 Å². The molecule has 0 bridgehead atoms. The van der Waals surface area contributed by atoms with E-state index < -0.39 is 0 Å². The van der Waals surface area contributed by atoms with Gasteiger partial charge in [-0.3, -0.25) is 0 Å². The molecule has 0 aromatic rings. The van der Waals surface area contributed by atoms with Gasteiger partial charge in [0, 0.05) is 0 Å². The summed E-state index contributed by atoms with van der Waals surface area (Å²) < 4.78 is 0. The van der Waals surface area contributed by atoms with E-state index in [1.54, 1.807) is 0 Å². The van der Waals surface area contributed by atoms with Crippen LogP contribution in [0, 0.1) is 17.8 Å². The molecule has 0 aromatic heterocycles. The Morgan fingerprint density at radius 1 is 1.45 bits per heavy atom. The van der Waals surface area contributed by atoms with Crippen molar-refractivity contribution in [3.63, 3.8) is 0 Å². The summed E-state index contributed by atoms with van der Waals surface area (Å²) >= 11 is 0. The predicted octanol–water partition coefficient (Wildman–Crippen LogP) is 3.39. The van der Waals surface area contributed by atoms with Crippen LogP contribution in [0.5, 0.6) is 0 Å². The van der Waals surface area contributed by atoms with E-state index in [9.17, 15) is 0 Å². The Kier molecular flexibility index (Phi) is 3.97. The molecule has 0 saturated carbocycles. The third kappa shape index (κ3) is 5.73. The molecule has 0 nitrogen and oxygen atoms in total. The van der Waals surface area contributed by atoms with Crippen LogP contribution in [0.15, 0.2) is 11.6 Å². The lowest BCUT2D eigenvalue weighted by atomic mass is 9.87. The topological polar surface area (TPSA) is 0 Å². The minimum Gasteiger partial charge on any atom is -0.115 e. The molecule has 62 valence electrons. The Morgan fingerprint density at radius 3 is 2.27 bits per heavy atom. The van der Waals surface area contributed by atoms with Crippen molar-refractivity contribution in [2.75, 3.05) is 0 Å². The maximum Gasteiger partial charge on any atom is -0.0129 e. The van der Waals surface area contributed by atoms with Gasteiger partial charge in [-0.15, -0.1) is 6.42 Å². The molecule has 0 saturated heterocycles. The van der Waals surface area contributed by atoms with Gasteiger partial charge >= 0.3 is 0 Å². The first-order valence-corrected chi connectivity index (χ1v) is 4.13. The van der Waals surface area contributed by atoms with Gasteiger partial charge in [-0.2, -0.15) is 0 Å². The van der Waals surface area contributed by atoms with Gasteiger partial charge in [0.05, 0.1) is 0 Å². The van der Waals surface area contributed by atoms with Crippen molar-refractivity contribution >= 4 is 0 Å². The molecule has 11 heavy (non-hydrogen) atoms. The maximum atomic E-state index is 5.20. The van der Waals surface area contributed by atoms with E-state index in [-0.39, 0.29) is 0 Å². The van der Waals surface area contributed by atoms with Gasteiger partial charge in [-0.1, -0.05) is 39.2 Å². The maximum absolute atomic E-state index is 5.20. The summed E-state index contributed by atoms with van der Waals surface area (Å²) in [6.07, 6.45) is 9.27. The average molecular weight is 150 g/mol. The van der Waals surface area contributed by atoms with E-state index in [1.807, 2.05) is 6.08 Å². The number of hydrogen-bond donors (Lipinski definition) is 0. The number of rotatable bonds is 2. The van der Waals surface area contributed by atoms with Crippen LogP contribution in [-0.4, -0.2) is 0 Å². The molecule has 0 heteroatoms. The van der Waals surface area contributed by atoms with Gasteiger partial charge in [-0.25, -0.2) is 0 Å². The molecule has 0 aliphatic carbocycles. The standard InChI is InChI=1S/C11H18/c1-6-8-10(7-2)9-11(3,4)5/h1,8H,7,9H2,2-5H3/b10-8+. The Hall–Kier alpha value is -0.700. The smallest absolute Gasteiger partial charge is 0.0129 e. The summed E-state index contributed by atoms with van der Waals surface area (Å²) in [6.45, 7) is 8.84. The van der Waals surface area contributed by atoms with Gasteiger partial charge < -0.3 is 0 Å². The third-order valence-electron chi connectivity index (χ3n) is 1.50. The van der Waals surface area contributed by atoms with Crippen molar-refractivity contribution < 1.29 is 0 Å². The highest BCUT2D eigenvalue weighted by Crippen LogP contribution is 2.25. The second-order valence-corrected chi connectivity index (χ2v) is 4.06. The lowest BCUT2D eigenvalue weighted by Gasteiger charge is -2.19. The lowest BCUT2D eigenvalue weighted by Crippen LogP contribution is -2.05. The fourth-order valence-corrected chi connectivity index (χ4v) is 1.08. The fraction of sp³-hybridized carbons (Fsp3) is 0.636. The molecule has 0 aliphatic heterocycles. The summed E-state index contributed by atoms with van der Waals surface area (Å²) in [5.74, 6) is 2.58. The average Bonchev–Trinajstić information content (AvgIpc) is 1.84. The molecule has 0 amide bonds. The number of terminal acetylenes is 1. The zero-order valence-electron chi connectivity index (χ0n) is 8.07. The Labute approximate surface area is 70.7 Å². The molecule has 0 rings (SSSR count). The Morgan fingerprint density at radius 2 is 2.00 bits per heavy atom. The summed E-state index contributed by atoms with van der Waals surface area (Å²) in [5, 5.41) is 0. The highest BCUT2D eigenvalue weighted by atomic mass is 14.2. The first kappa shape index (κ1) is 10.3. The zero-order chi connectivity index (χ0) is 8.91. The quantitative estimate of drug-likeness (QED) is 0.529. The van der Waals surface area contributed by atoms with Crippen LogP contribution in [0.2, 0.25) is 0 Å². The molecule has 0 N–H and O–H groups in total. The van der Waals surface area contributed by atoms with Crippen LogP contribution in [0.3, 0.4) is 0 Å². The minimum atomic E-state index is 0.360. The third-order valence-corrected chi connectivity index (χ3v) is 1.50. The van der Waals surface area contributed by atoms with Gasteiger partial charge in [-0.05, 0) is 24.3 Å². The van der Waals surface area contributed by atoms with Crippen LogP contribution >= 0.6 is 0 Å². The van der Waals surface area contributed by atoms with Crippen molar-refractivity contribution in [2.24, 2.45) is 5.41 Å². The molecule has 0 radical (unpaired) electrons. The van der Waals surface area contributed by atoms with E-state index in [1.165, 1.54) is 5.57 Å². The monoisotopic (exact) mass is 150 g/mol. The molecule has 0 spiro atoms. The van der Waals surface area contributed by atoms with Gasteiger partial charge in [0.25, 0.3) is 0 Å². The van der Waals surface area contributed by atoms with Crippen molar-refractivity contribution in [2.45, 2.75) is 40.5 Å². The van der Waals surface area contributed by atoms with Gasteiger partial charge in [0.15, 0.2) is 0 Å². The van der Waals surface area contributed by atoms with E-state index in [4.69, 9.17) is 6.42 Å². The van der Waals surface area contributed by atoms with E-state index >= 15 is 0 Å². The predicted molar refractivity (Wildman–Crippen MR) is 51.3 cm³/mol. The van der Waals surface area contributed by atoms with Gasteiger partial charge in [0.2, 0.25) is 0 Å². The Bertz CT molecular complexity index is 171. The molecule has 0 atom stereocenters. The molecular weight excluding hydrogens is 132 g/mol. The van der Waals surface area contributed by atoms with Crippen LogP contribution in [-0.2, 0) is 0 Å². The van der Waals surface area contributed by atoms with E-state index in [0.29, 0.717) is 5.41 Å². The summed E-state index contributed by atoms with van der Waals surface area (Å²) in [5.41, 5.74) is 1.73. The van der Waals surface area contributed by atoms with Crippen molar-refractivity contribution in [3.8, 4) is 12.3 Å². The zero-order valence-corrected chi connectivity index (χ0v) is 8.07. The lowest BCUT2D eigenvalue weighted by molar-refractivity contribution is 0.405. The van der Waals surface area contributed by atoms with E-state index in [0.717, 1.165) is 12.8 Å². The molecular formula is C11H18. The van der Waals surface area contributed by atoms with E-state index in [2.05, 4.69) is 33.6 Å². The normalized spacial score (nSPS) is 12.8. The molecule has 0 aromatic carbocycles. The summed E-state index contributed by atoms with van der Waals surface area (Å²) in [6, 6.07) is 0. The van der Waals surface area contributed by atoms with Crippen LogP contribution in [0.4, 0.5) is 0 Å². The van der Waals surface area contributed by atoms with Crippen molar-refractivity contribution in [1.29, 1.82) is 0 Å². The van der Waals surface area contributed by atoms with Gasteiger partial charge in [0.1, 0.15) is 0 Å². The fourth-order valence-electron chi connectivity index (χ4n) is 1.08. The number of allylic oxidation sites excluding steroid dienone is 2. The summed E-state index contributed by atoms with van der Waals surface area (Å²) in [4.78, 5) is 0. The van der Waals surface area contributed by atoms with Crippen molar-refractivity contribution in [1.82, 2.24) is 0 Å². The Balaban J connectivity index is 4.13. The van der Waals surface area contributed by atoms with Crippen molar-refractivity contribution in [3.05, 3.63) is 11.6 Å². The molecule has 0 heterocycles. The SMILES string of the molecule is C#C/C=C(\CC)CC(C)(C)C. The first-order chi connectivity index (χ1) is 4.99. The number of hydrogen-bond acceptors (Lipinski definition) is 0. The molecule has 0 unspecified atom stereocenters. The highest BCUT2D eigenvalue weighted by Gasteiger charge is 2.11. The second-order valence-electron chi connectivity index (χ2n) is 4.06. The first-order valence-electron chi connectivity index (χ1n) is 4.13. The second kappa shape index (κ2) is 4.23. The van der Waals surface area contributed by atoms with Crippen LogP contribution in [0.1, 0.15) is 40.5 Å². The summed E-state index contributed by atoms with van der Waals surface area (Å²) in [7, 11) is 0. The van der Waals surface area contributed by atoms with Crippen LogP contribution < -0.4 is 0 Å². The molecule has 0 fully saturated rings. The highest BCUT2D eigenvalue weighted by molar-refractivity contribution is 5.18. The largest absolute Gasteiger partial charge is 0.115 e. The minimum absolute atomic E-state index is 0.360.